The molecule has 0 saturated carbocycles. The number of carbonyl (C=O) groups excluding carboxylic acids is 1. The van der Waals surface area contributed by atoms with Gasteiger partial charge in [-0.05, 0) is 36.5 Å². The molecule has 3 nitrogen and oxygen atoms in total. The summed E-state index contributed by atoms with van der Waals surface area (Å²) in [6, 6.07) is 8.26. The van der Waals surface area contributed by atoms with E-state index >= 15 is 0 Å². The van der Waals surface area contributed by atoms with Crippen LogP contribution in [-0.2, 0) is 10.2 Å². The third kappa shape index (κ3) is 2.25. The summed E-state index contributed by atoms with van der Waals surface area (Å²) in [5.74, 6) is 1.57. The number of methoxy groups -OCH3 is 1. The molecule has 0 aromatic heterocycles. The van der Waals surface area contributed by atoms with Crippen molar-refractivity contribution in [1.82, 2.24) is 4.90 Å². The van der Waals surface area contributed by atoms with Crippen LogP contribution < -0.4 is 4.74 Å². The summed E-state index contributed by atoms with van der Waals surface area (Å²) in [6.07, 6.45) is 6.37. The number of nitrogens with zero attached hydrogens (tertiary/aromatic N) is 1. The Kier molecular flexibility index (Phi) is 3.52. The Morgan fingerprint density at radius 3 is 2.90 bits per heavy atom. The first-order valence-corrected chi connectivity index (χ1v) is 7.64. The van der Waals surface area contributed by atoms with E-state index < -0.39 is 0 Å². The van der Waals surface area contributed by atoms with Gasteiger partial charge in [-0.3, -0.25) is 4.79 Å². The van der Waals surface area contributed by atoms with Gasteiger partial charge in [0.15, 0.2) is 0 Å². The number of ether oxygens (including phenoxy) is 1. The third-order valence-electron chi connectivity index (χ3n) is 5.09. The summed E-state index contributed by atoms with van der Waals surface area (Å²) in [7, 11) is 3.60. The molecule has 21 heavy (non-hydrogen) atoms. The highest BCUT2D eigenvalue weighted by atomic mass is 16.5. The second-order valence-corrected chi connectivity index (χ2v) is 6.44. The number of hydrogen-bond donors (Lipinski definition) is 0. The fourth-order valence-corrected chi connectivity index (χ4v) is 3.92. The van der Waals surface area contributed by atoms with Gasteiger partial charge in [0.25, 0.3) is 0 Å². The molecular weight excluding hydrogens is 262 g/mol. The van der Waals surface area contributed by atoms with E-state index in [2.05, 4.69) is 31.2 Å². The lowest BCUT2D eigenvalue weighted by atomic mass is 9.59. The lowest BCUT2D eigenvalue weighted by Gasteiger charge is -2.48. The van der Waals surface area contributed by atoms with Crippen molar-refractivity contribution in [2.75, 3.05) is 20.7 Å². The Hall–Kier alpha value is -1.77. The number of fused-ring (bicyclic) bond motifs is 1. The van der Waals surface area contributed by atoms with Crippen LogP contribution in [0.25, 0.3) is 0 Å². The first kappa shape index (κ1) is 14.2. The minimum Gasteiger partial charge on any atom is -0.497 e. The Morgan fingerprint density at radius 1 is 1.33 bits per heavy atom. The molecule has 1 aromatic rings. The monoisotopic (exact) mass is 285 g/mol. The molecule has 1 amide bonds. The fourth-order valence-electron chi connectivity index (χ4n) is 3.92. The van der Waals surface area contributed by atoms with E-state index in [1.54, 1.807) is 7.11 Å². The largest absolute Gasteiger partial charge is 0.497 e. The number of likely N-dealkylation sites (tertiary alicyclic amines) is 1. The van der Waals surface area contributed by atoms with E-state index in [1.807, 2.05) is 24.1 Å². The van der Waals surface area contributed by atoms with Crippen molar-refractivity contribution in [3.05, 3.63) is 42.0 Å². The maximum Gasteiger partial charge on any atom is 0.230 e. The van der Waals surface area contributed by atoms with E-state index in [9.17, 15) is 4.79 Å². The normalized spacial score (nSPS) is 32.0. The molecule has 1 heterocycles. The molecule has 1 fully saturated rings. The van der Waals surface area contributed by atoms with Crippen LogP contribution in [0.15, 0.2) is 36.4 Å². The van der Waals surface area contributed by atoms with Crippen LogP contribution in [-0.4, -0.2) is 31.5 Å². The van der Waals surface area contributed by atoms with Crippen molar-refractivity contribution in [1.29, 1.82) is 0 Å². The molecule has 1 aliphatic carbocycles. The van der Waals surface area contributed by atoms with Crippen LogP contribution in [0.1, 0.15) is 25.3 Å². The Bertz CT molecular complexity index is 580. The first-order chi connectivity index (χ1) is 10.1. The van der Waals surface area contributed by atoms with Crippen LogP contribution in [0.2, 0.25) is 0 Å². The van der Waals surface area contributed by atoms with Gasteiger partial charge >= 0.3 is 0 Å². The molecule has 0 N–H and O–H groups in total. The highest BCUT2D eigenvalue weighted by molar-refractivity contribution is 5.83. The topological polar surface area (TPSA) is 29.5 Å². The van der Waals surface area contributed by atoms with Crippen molar-refractivity contribution < 1.29 is 9.53 Å². The van der Waals surface area contributed by atoms with Crippen LogP contribution in [0, 0.1) is 11.8 Å². The molecule has 0 bridgehead atoms. The van der Waals surface area contributed by atoms with Gasteiger partial charge < -0.3 is 9.64 Å². The molecule has 3 rings (SSSR count). The van der Waals surface area contributed by atoms with Gasteiger partial charge in [-0.25, -0.2) is 0 Å². The summed E-state index contributed by atoms with van der Waals surface area (Å²) < 4.78 is 5.38. The number of amides is 1. The lowest BCUT2D eigenvalue weighted by Crippen LogP contribution is -2.53. The van der Waals surface area contributed by atoms with E-state index in [-0.39, 0.29) is 17.2 Å². The zero-order chi connectivity index (χ0) is 15.0. The van der Waals surface area contributed by atoms with Crippen molar-refractivity contribution in [2.45, 2.75) is 25.2 Å². The molecule has 3 atom stereocenters. The molecule has 3 heteroatoms. The maximum absolute atomic E-state index is 12.6. The molecule has 112 valence electrons. The maximum atomic E-state index is 12.6. The second-order valence-electron chi connectivity index (χ2n) is 6.44. The number of allylic oxidation sites excluding steroid dienone is 1. The molecule has 1 aromatic carbocycles. The summed E-state index contributed by atoms with van der Waals surface area (Å²) in [5, 5.41) is 0. The molecular formula is C18H23NO2. The van der Waals surface area contributed by atoms with Crippen LogP contribution >= 0.6 is 0 Å². The number of hydrogen-bond acceptors (Lipinski definition) is 2. The predicted molar refractivity (Wildman–Crippen MR) is 83.3 cm³/mol. The van der Waals surface area contributed by atoms with Crippen molar-refractivity contribution in [3.8, 4) is 5.75 Å². The van der Waals surface area contributed by atoms with Gasteiger partial charge in [-0.1, -0.05) is 31.2 Å². The summed E-state index contributed by atoms with van der Waals surface area (Å²) >= 11 is 0. The van der Waals surface area contributed by atoms with E-state index in [4.69, 9.17) is 4.74 Å². The van der Waals surface area contributed by atoms with Gasteiger partial charge in [0.1, 0.15) is 5.75 Å². The van der Waals surface area contributed by atoms with Gasteiger partial charge in [-0.15, -0.1) is 0 Å². The van der Waals surface area contributed by atoms with Crippen LogP contribution in [0.4, 0.5) is 0 Å². The summed E-state index contributed by atoms with van der Waals surface area (Å²) in [5.41, 5.74) is 1.16. The number of benzene rings is 1. The summed E-state index contributed by atoms with van der Waals surface area (Å²) in [6.45, 7) is 3.06. The predicted octanol–water partition coefficient (Wildman–Crippen LogP) is 3.01. The smallest absolute Gasteiger partial charge is 0.230 e. The molecule has 0 radical (unpaired) electrons. The van der Waals surface area contributed by atoms with Gasteiger partial charge in [0.05, 0.1) is 13.0 Å². The standard InChI is InChI=1S/C18H23NO2/c1-13-7-8-16-17(20)19(2)10-9-18(16,12-13)14-5-4-6-15(11-14)21-3/h4-8,11,13,16H,9-10,12H2,1-3H3/t13-,16+,18+/m0/s1. The average molecular weight is 285 g/mol. The van der Waals surface area contributed by atoms with Crippen LogP contribution in [0.5, 0.6) is 5.75 Å². The molecule has 0 unspecified atom stereocenters. The minimum absolute atomic E-state index is 0.0421. The fraction of sp³-hybridized carbons (Fsp3) is 0.500. The number of rotatable bonds is 2. The van der Waals surface area contributed by atoms with Gasteiger partial charge in [-0.2, -0.15) is 0 Å². The van der Waals surface area contributed by atoms with Gasteiger partial charge in [0.2, 0.25) is 5.91 Å². The highest BCUT2D eigenvalue weighted by Gasteiger charge is 2.49. The van der Waals surface area contributed by atoms with Gasteiger partial charge in [0, 0.05) is 19.0 Å². The summed E-state index contributed by atoms with van der Waals surface area (Å²) in [4.78, 5) is 14.5. The average Bonchev–Trinajstić information content (AvgIpc) is 2.51. The Morgan fingerprint density at radius 2 is 2.14 bits per heavy atom. The molecule has 0 spiro atoms. The number of carbonyl (C=O) groups is 1. The third-order valence-corrected chi connectivity index (χ3v) is 5.09. The zero-order valence-corrected chi connectivity index (χ0v) is 13.0. The van der Waals surface area contributed by atoms with E-state index in [1.165, 1.54) is 5.56 Å². The quantitative estimate of drug-likeness (QED) is 0.782. The molecule has 1 saturated heterocycles. The Balaban J connectivity index is 2.09. The van der Waals surface area contributed by atoms with Crippen molar-refractivity contribution in [2.24, 2.45) is 11.8 Å². The molecule has 1 aliphatic heterocycles. The molecule has 2 aliphatic rings. The zero-order valence-electron chi connectivity index (χ0n) is 13.0. The number of piperidine rings is 1. The highest BCUT2D eigenvalue weighted by Crippen LogP contribution is 2.48. The Labute approximate surface area is 126 Å². The van der Waals surface area contributed by atoms with E-state index in [0.29, 0.717) is 5.92 Å². The SMILES string of the molecule is COc1cccc([C@]23CCN(C)C(=O)[C@H]2C=C[C@H](C)C3)c1. The van der Waals surface area contributed by atoms with E-state index in [0.717, 1.165) is 25.1 Å². The van der Waals surface area contributed by atoms with Crippen molar-refractivity contribution >= 4 is 5.91 Å². The van der Waals surface area contributed by atoms with Crippen LogP contribution in [0.3, 0.4) is 0 Å². The lowest BCUT2D eigenvalue weighted by molar-refractivity contribution is -0.139. The minimum atomic E-state index is -0.0771. The second kappa shape index (κ2) is 5.21. The van der Waals surface area contributed by atoms with Crippen molar-refractivity contribution in [3.63, 3.8) is 0 Å². The first-order valence-electron chi connectivity index (χ1n) is 7.64.